The second-order valence-electron chi connectivity index (χ2n) is 7.11. The molecule has 2 N–H and O–H groups in total. The highest BCUT2D eigenvalue weighted by Crippen LogP contribution is 2.47. The van der Waals surface area contributed by atoms with Crippen LogP contribution in [-0.4, -0.2) is 35.7 Å². The van der Waals surface area contributed by atoms with Gasteiger partial charge in [-0.1, -0.05) is 6.42 Å². The Morgan fingerprint density at radius 1 is 1.32 bits per heavy atom. The molecule has 1 amide bonds. The van der Waals surface area contributed by atoms with Crippen LogP contribution in [0.1, 0.15) is 59.3 Å². The minimum atomic E-state index is -0.422. The molecule has 2 rings (SSSR count). The van der Waals surface area contributed by atoms with E-state index in [1.807, 2.05) is 25.7 Å². The molecule has 19 heavy (non-hydrogen) atoms. The Morgan fingerprint density at radius 3 is 2.47 bits per heavy atom. The molecule has 1 saturated carbocycles. The van der Waals surface area contributed by atoms with E-state index < -0.39 is 5.60 Å². The number of nitrogens with zero attached hydrogens (tertiary/aromatic N) is 1. The molecule has 0 aromatic heterocycles. The molecule has 1 aliphatic heterocycles. The summed E-state index contributed by atoms with van der Waals surface area (Å²) in [5.74, 6) is 0. The zero-order valence-electron chi connectivity index (χ0n) is 12.6. The minimum absolute atomic E-state index is 0.156. The van der Waals surface area contributed by atoms with Gasteiger partial charge in [-0.15, -0.1) is 0 Å². The molecule has 1 unspecified atom stereocenters. The fraction of sp³-hybridized carbons (Fsp3) is 0.933. The van der Waals surface area contributed by atoms with E-state index in [0.717, 1.165) is 32.2 Å². The Morgan fingerprint density at radius 2 is 2.00 bits per heavy atom. The van der Waals surface area contributed by atoms with E-state index in [2.05, 4.69) is 0 Å². The average molecular weight is 268 g/mol. The van der Waals surface area contributed by atoms with Gasteiger partial charge in [0.1, 0.15) is 5.60 Å². The first-order chi connectivity index (χ1) is 8.88. The molecule has 2 aliphatic rings. The number of carbonyl (C=O) groups is 1. The summed E-state index contributed by atoms with van der Waals surface area (Å²) in [6.07, 6.45) is 6.77. The van der Waals surface area contributed by atoms with E-state index in [4.69, 9.17) is 10.5 Å². The van der Waals surface area contributed by atoms with Gasteiger partial charge in [0.15, 0.2) is 0 Å². The summed E-state index contributed by atoms with van der Waals surface area (Å²) in [6, 6.07) is 0.287. The van der Waals surface area contributed by atoms with Crippen LogP contribution in [0.5, 0.6) is 0 Å². The standard InChI is InChI=1S/C15H28N2O2/c1-14(2,3)19-13(18)17-10-5-4-7-12(17)15(11-16)8-6-9-15/h12H,4-11,16H2,1-3H3. The molecule has 1 saturated heterocycles. The summed E-state index contributed by atoms with van der Waals surface area (Å²) in [4.78, 5) is 14.3. The van der Waals surface area contributed by atoms with E-state index in [-0.39, 0.29) is 17.6 Å². The third-order valence-corrected chi connectivity index (χ3v) is 4.59. The van der Waals surface area contributed by atoms with Gasteiger partial charge in [-0.05, 0) is 59.4 Å². The number of nitrogens with two attached hydrogens (primary N) is 1. The number of amides is 1. The first kappa shape index (κ1) is 14.6. The fourth-order valence-electron chi connectivity index (χ4n) is 3.41. The molecule has 1 heterocycles. The third-order valence-electron chi connectivity index (χ3n) is 4.59. The van der Waals surface area contributed by atoms with Crippen LogP contribution in [0.3, 0.4) is 0 Å². The number of piperidine rings is 1. The maximum atomic E-state index is 12.4. The van der Waals surface area contributed by atoms with Crippen LogP contribution in [0, 0.1) is 5.41 Å². The van der Waals surface area contributed by atoms with Crippen molar-refractivity contribution in [3.63, 3.8) is 0 Å². The summed E-state index contributed by atoms with van der Waals surface area (Å²) in [6.45, 7) is 7.28. The van der Waals surface area contributed by atoms with Crippen molar-refractivity contribution in [2.24, 2.45) is 11.1 Å². The lowest BCUT2D eigenvalue weighted by Crippen LogP contribution is -2.58. The van der Waals surface area contributed by atoms with Crippen molar-refractivity contribution >= 4 is 6.09 Å². The molecule has 0 spiro atoms. The van der Waals surface area contributed by atoms with E-state index in [0.29, 0.717) is 6.54 Å². The van der Waals surface area contributed by atoms with Crippen LogP contribution >= 0.6 is 0 Å². The maximum absolute atomic E-state index is 12.4. The van der Waals surface area contributed by atoms with Crippen LogP contribution in [-0.2, 0) is 4.74 Å². The number of carbonyl (C=O) groups excluding carboxylic acids is 1. The van der Waals surface area contributed by atoms with Gasteiger partial charge in [0.2, 0.25) is 0 Å². The van der Waals surface area contributed by atoms with Crippen LogP contribution in [0.25, 0.3) is 0 Å². The van der Waals surface area contributed by atoms with Gasteiger partial charge in [0.05, 0.1) is 0 Å². The van der Waals surface area contributed by atoms with Crippen LogP contribution in [0.15, 0.2) is 0 Å². The maximum Gasteiger partial charge on any atom is 0.410 e. The largest absolute Gasteiger partial charge is 0.444 e. The molecular weight excluding hydrogens is 240 g/mol. The Hall–Kier alpha value is -0.770. The summed E-state index contributed by atoms with van der Waals surface area (Å²) in [5, 5.41) is 0. The van der Waals surface area contributed by atoms with Crippen LogP contribution in [0.2, 0.25) is 0 Å². The lowest BCUT2D eigenvalue weighted by molar-refractivity contribution is -0.0379. The van der Waals surface area contributed by atoms with Crippen LogP contribution < -0.4 is 5.73 Å². The molecule has 1 aliphatic carbocycles. The predicted molar refractivity (Wildman–Crippen MR) is 75.9 cm³/mol. The first-order valence-corrected chi connectivity index (χ1v) is 7.58. The minimum Gasteiger partial charge on any atom is -0.444 e. The molecule has 4 nitrogen and oxygen atoms in total. The summed E-state index contributed by atoms with van der Waals surface area (Å²) in [5.41, 5.74) is 5.75. The van der Waals surface area contributed by atoms with Crippen molar-refractivity contribution < 1.29 is 9.53 Å². The van der Waals surface area contributed by atoms with Crippen molar-refractivity contribution in [2.45, 2.75) is 70.9 Å². The number of ether oxygens (including phenoxy) is 1. The zero-order valence-corrected chi connectivity index (χ0v) is 12.6. The first-order valence-electron chi connectivity index (χ1n) is 7.58. The quantitative estimate of drug-likeness (QED) is 0.837. The molecule has 2 fully saturated rings. The average Bonchev–Trinajstić information content (AvgIpc) is 2.26. The molecule has 1 atom stereocenters. The molecular formula is C15H28N2O2. The lowest BCUT2D eigenvalue weighted by atomic mass is 9.62. The van der Waals surface area contributed by atoms with E-state index in [1.54, 1.807) is 0 Å². The third kappa shape index (κ3) is 3.04. The summed E-state index contributed by atoms with van der Waals surface area (Å²) < 4.78 is 5.56. The molecule has 110 valence electrons. The van der Waals surface area contributed by atoms with Gasteiger partial charge >= 0.3 is 6.09 Å². The van der Waals surface area contributed by atoms with Crippen LogP contribution in [0.4, 0.5) is 4.79 Å². The Labute approximate surface area is 116 Å². The number of hydrogen-bond donors (Lipinski definition) is 1. The monoisotopic (exact) mass is 268 g/mol. The van der Waals surface area contributed by atoms with Gasteiger partial charge in [-0.2, -0.15) is 0 Å². The smallest absolute Gasteiger partial charge is 0.410 e. The molecule has 0 bridgehead atoms. The highest BCUT2D eigenvalue weighted by Gasteiger charge is 2.48. The van der Waals surface area contributed by atoms with Gasteiger partial charge < -0.3 is 15.4 Å². The topological polar surface area (TPSA) is 55.6 Å². The molecule has 0 aromatic rings. The summed E-state index contributed by atoms with van der Waals surface area (Å²) >= 11 is 0. The fourth-order valence-corrected chi connectivity index (χ4v) is 3.41. The van der Waals surface area contributed by atoms with Crippen molar-refractivity contribution in [3.8, 4) is 0 Å². The van der Waals surface area contributed by atoms with E-state index in [9.17, 15) is 4.79 Å². The normalized spacial score (nSPS) is 26.7. The second kappa shape index (κ2) is 5.31. The van der Waals surface area contributed by atoms with E-state index in [1.165, 1.54) is 12.8 Å². The van der Waals surface area contributed by atoms with Crippen molar-refractivity contribution in [2.75, 3.05) is 13.1 Å². The molecule has 0 aromatic carbocycles. The van der Waals surface area contributed by atoms with Gasteiger partial charge in [0.25, 0.3) is 0 Å². The Kier molecular flexibility index (Phi) is 4.09. The highest BCUT2D eigenvalue weighted by molar-refractivity contribution is 5.69. The van der Waals surface area contributed by atoms with Gasteiger partial charge in [-0.25, -0.2) is 4.79 Å². The van der Waals surface area contributed by atoms with Crippen molar-refractivity contribution in [3.05, 3.63) is 0 Å². The predicted octanol–water partition coefficient (Wildman–Crippen LogP) is 2.91. The zero-order chi connectivity index (χ0) is 14.1. The molecule has 4 heteroatoms. The summed E-state index contributed by atoms with van der Waals surface area (Å²) in [7, 11) is 0. The van der Waals surface area contributed by atoms with E-state index >= 15 is 0 Å². The highest BCUT2D eigenvalue weighted by atomic mass is 16.6. The van der Waals surface area contributed by atoms with Crippen molar-refractivity contribution in [1.82, 2.24) is 4.90 Å². The van der Waals surface area contributed by atoms with Gasteiger partial charge in [0, 0.05) is 18.0 Å². The van der Waals surface area contributed by atoms with Crippen molar-refractivity contribution in [1.29, 1.82) is 0 Å². The number of likely N-dealkylation sites (tertiary alicyclic amines) is 1. The Bertz CT molecular complexity index is 326. The lowest BCUT2D eigenvalue weighted by Gasteiger charge is -2.52. The number of hydrogen-bond acceptors (Lipinski definition) is 3. The Balaban J connectivity index is 2.10. The number of rotatable bonds is 2. The molecule has 0 radical (unpaired) electrons. The van der Waals surface area contributed by atoms with Gasteiger partial charge in [-0.3, -0.25) is 0 Å². The SMILES string of the molecule is CC(C)(C)OC(=O)N1CCCCC1C1(CN)CCC1. The second-order valence-corrected chi connectivity index (χ2v) is 7.11.